The van der Waals surface area contributed by atoms with Crippen molar-refractivity contribution in [2.45, 2.75) is 39.3 Å². The van der Waals surface area contributed by atoms with Crippen molar-refractivity contribution in [1.82, 2.24) is 5.32 Å². The van der Waals surface area contributed by atoms with Crippen molar-refractivity contribution in [3.8, 4) is 17.2 Å². The number of hydrogen-bond donors (Lipinski definition) is 1. The van der Waals surface area contributed by atoms with Crippen molar-refractivity contribution >= 4 is 5.91 Å². The third-order valence-corrected chi connectivity index (χ3v) is 4.01. The Kier molecular flexibility index (Phi) is 6.89. The SMILES string of the molecule is CC[C@@H](NC(=O)c1ccc(OC(C)C)cc1)c1ccc(OC)c(OC)c1. The molecule has 0 unspecified atom stereocenters. The van der Waals surface area contributed by atoms with E-state index in [0.29, 0.717) is 17.1 Å². The highest BCUT2D eigenvalue weighted by molar-refractivity contribution is 5.94. The molecular weight excluding hydrogens is 330 g/mol. The summed E-state index contributed by atoms with van der Waals surface area (Å²) in [7, 11) is 3.20. The van der Waals surface area contributed by atoms with Crippen molar-refractivity contribution in [3.05, 3.63) is 53.6 Å². The first-order valence-electron chi connectivity index (χ1n) is 8.78. The molecule has 1 amide bonds. The molecule has 0 aliphatic heterocycles. The van der Waals surface area contributed by atoms with Crippen LogP contribution in [0.5, 0.6) is 17.2 Å². The summed E-state index contributed by atoms with van der Waals surface area (Å²) in [6.45, 7) is 5.96. The second kappa shape index (κ2) is 9.13. The molecule has 1 N–H and O–H groups in total. The van der Waals surface area contributed by atoms with Crippen LogP contribution in [0.2, 0.25) is 0 Å². The Balaban J connectivity index is 2.13. The van der Waals surface area contributed by atoms with Crippen molar-refractivity contribution in [3.63, 3.8) is 0 Å². The molecule has 1 atom stereocenters. The van der Waals surface area contributed by atoms with E-state index in [9.17, 15) is 4.79 Å². The molecule has 0 aliphatic rings. The summed E-state index contributed by atoms with van der Waals surface area (Å²) in [5.74, 6) is 1.94. The topological polar surface area (TPSA) is 56.8 Å². The lowest BCUT2D eigenvalue weighted by molar-refractivity contribution is 0.0935. The van der Waals surface area contributed by atoms with E-state index in [1.807, 2.05) is 51.1 Å². The summed E-state index contributed by atoms with van der Waals surface area (Å²) < 4.78 is 16.2. The summed E-state index contributed by atoms with van der Waals surface area (Å²) in [5, 5.41) is 3.07. The molecule has 0 spiro atoms. The minimum Gasteiger partial charge on any atom is -0.493 e. The molecule has 5 nitrogen and oxygen atoms in total. The largest absolute Gasteiger partial charge is 0.493 e. The molecule has 0 bridgehead atoms. The first-order chi connectivity index (χ1) is 12.5. The van der Waals surface area contributed by atoms with Gasteiger partial charge in [0.05, 0.1) is 26.4 Å². The monoisotopic (exact) mass is 357 g/mol. The van der Waals surface area contributed by atoms with Crippen molar-refractivity contribution < 1.29 is 19.0 Å². The molecule has 0 fully saturated rings. The van der Waals surface area contributed by atoms with E-state index < -0.39 is 0 Å². The molecule has 0 saturated heterocycles. The molecule has 5 heteroatoms. The Bertz CT molecular complexity index is 725. The molecule has 26 heavy (non-hydrogen) atoms. The number of carbonyl (C=O) groups is 1. The number of rotatable bonds is 8. The van der Waals surface area contributed by atoms with Crippen LogP contribution in [0.15, 0.2) is 42.5 Å². The Labute approximate surface area is 155 Å². The first-order valence-corrected chi connectivity index (χ1v) is 8.78. The lowest BCUT2D eigenvalue weighted by Crippen LogP contribution is -2.28. The summed E-state index contributed by atoms with van der Waals surface area (Å²) in [6, 6.07) is 12.7. The van der Waals surface area contributed by atoms with Gasteiger partial charge in [-0.3, -0.25) is 4.79 Å². The Morgan fingerprint density at radius 2 is 1.65 bits per heavy atom. The molecule has 0 heterocycles. The van der Waals surface area contributed by atoms with Gasteiger partial charge in [0.1, 0.15) is 5.75 Å². The predicted molar refractivity (Wildman–Crippen MR) is 102 cm³/mol. The number of methoxy groups -OCH3 is 2. The van der Waals surface area contributed by atoms with E-state index in [1.54, 1.807) is 26.4 Å². The Morgan fingerprint density at radius 3 is 2.19 bits per heavy atom. The average Bonchev–Trinajstić information content (AvgIpc) is 2.65. The van der Waals surface area contributed by atoms with Gasteiger partial charge in [-0.05, 0) is 62.2 Å². The number of nitrogens with one attached hydrogen (secondary N) is 1. The van der Waals surface area contributed by atoms with Crippen molar-refractivity contribution in [2.24, 2.45) is 0 Å². The van der Waals surface area contributed by atoms with Crippen LogP contribution in [0.25, 0.3) is 0 Å². The first kappa shape index (κ1) is 19.6. The minimum absolute atomic E-state index is 0.101. The van der Waals surface area contributed by atoms with Gasteiger partial charge in [-0.2, -0.15) is 0 Å². The molecule has 0 aromatic heterocycles. The van der Waals surface area contributed by atoms with Gasteiger partial charge < -0.3 is 19.5 Å². The van der Waals surface area contributed by atoms with Gasteiger partial charge in [-0.15, -0.1) is 0 Å². The van der Waals surface area contributed by atoms with E-state index >= 15 is 0 Å². The zero-order valence-electron chi connectivity index (χ0n) is 16.0. The lowest BCUT2D eigenvalue weighted by atomic mass is 10.0. The fourth-order valence-electron chi connectivity index (χ4n) is 2.69. The maximum Gasteiger partial charge on any atom is 0.251 e. The molecule has 0 aliphatic carbocycles. The van der Waals surface area contributed by atoms with Crippen LogP contribution < -0.4 is 19.5 Å². The zero-order chi connectivity index (χ0) is 19.1. The quantitative estimate of drug-likeness (QED) is 0.762. The fourth-order valence-corrected chi connectivity index (χ4v) is 2.69. The molecule has 140 valence electrons. The number of hydrogen-bond acceptors (Lipinski definition) is 4. The standard InChI is InChI=1S/C21H27NO4/c1-6-18(16-9-12-19(24-4)20(13-16)25-5)22-21(23)15-7-10-17(11-8-15)26-14(2)3/h7-14,18H,6H2,1-5H3,(H,22,23)/t18-/m1/s1. The number of carbonyl (C=O) groups excluding carboxylic acids is 1. The van der Waals surface area contributed by atoms with Crippen LogP contribution in [0.1, 0.15) is 49.2 Å². The smallest absolute Gasteiger partial charge is 0.251 e. The second-order valence-corrected chi connectivity index (χ2v) is 6.24. The highest BCUT2D eigenvalue weighted by Gasteiger charge is 2.16. The van der Waals surface area contributed by atoms with E-state index in [2.05, 4.69) is 5.32 Å². The van der Waals surface area contributed by atoms with E-state index in [0.717, 1.165) is 17.7 Å². The molecular formula is C21H27NO4. The van der Waals surface area contributed by atoms with Gasteiger partial charge in [0, 0.05) is 5.56 Å². The summed E-state index contributed by atoms with van der Waals surface area (Å²) in [5.41, 5.74) is 1.57. The van der Waals surface area contributed by atoms with Gasteiger partial charge in [0.15, 0.2) is 11.5 Å². The summed E-state index contributed by atoms with van der Waals surface area (Å²) >= 11 is 0. The van der Waals surface area contributed by atoms with Gasteiger partial charge in [0.25, 0.3) is 5.91 Å². The summed E-state index contributed by atoms with van der Waals surface area (Å²) in [6.07, 6.45) is 0.861. The average molecular weight is 357 g/mol. The van der Waals surface area contributed by atoms with E-state index in [-0.39, 0.29) is 18.1 Å². The lowest BCUT2D eigenvalue weighted by Gasteiger charge is -2.19. The van der Waals surface area contributed by atoms with E-state index in [4.69, 9.17) is 14.2 Å². The highest BCUT2D eigenvalue weighted by atomic mass is 16.5. The van der Waals surface area contributed by atoms with Crippen LogP contribution in [0.4, 0.5) is 0 Å². The minimum atomic E-state index is -0.122. The van der Waals surface area contributed by atoms with Crippen LogP contribution in [0, 0.1) is 0 Å². The molecule has 0 saturated carbocycles. The van der Waals surface area contributed by atoms with Crippen LogP contribution in [0.3, 0.4) is 0 Å². The maximum atomic E-state index is 12.6. The Morgan fingerprint density at radius 1 is 1.00 bits per heavy atom. The summed E-state index contributed by atoms with van der Waals surface area (Å²) in [4.78, 5) is 12.6. The van der Waals surface area contributed by atoms with Crippen LogP contribution in [-0.2, 0) is 0 Å². The number of benzene rings is 2. The van der Waals surface area contributed by atoms with Gasteiger partial charge >= 0.3 is 0 Å². The van der Waals surface area contributed by atoms with Crippen molar-refractivity contribution in [1.29, 1.82) is 0 Å². The maximum absolute atomic E-state index is 12.6. The zero-order valence-corrected chi connectivity index (χ0v) is 16.0. The molecule has 2 aromatic rings. The highest BCUT2D eigenvalue weighted by Crippen LogP contribution is 2.31. The molecule has 2 rings (SSSR count). The van der Waals surface area contributed by atoms with Crippen LogP contribution >= 0.6 is 0 Å². The predicted octanol–water partition coefficient (Wildman–Crippen LogP) is 4.37. The number of ether oxygens (including phenoxy) is 3. The Hall–Kier alpha value is -2.69. The van der Waals surface area contributed by atoms with E-state index in [1.165, 1.54) is 0 Å². The number of amides is 1. The third kappa shape index (κ3) is 4.91. The van der Waals surface area contributed by atoms with Crippen molar-refractivity contribution in [2.75, 3.05) is 14.2 Å². The molecule has 0 radical (unpaired) electrons. The third-order valence-electron chi connectivity index (χ3n) is 4.01. The second-order valence-electron chi connectivity index (χ2n) is 6.24. The van der Waals surface area contributed by atoms with Crippen LogP contribution in [-0.4, -0.2) is 26.2 Å². The normalized spacial score (nSPS) is 11.8. The van der Waals surface area contributed by atoms with Gasteiger partial charge in [-0.1, -0.05) is 13.0 Å². The van der Waals surface area contributed by atoms with Gasteiger partial charge in [0.2, 0.25) is 0 Å². The fraction of sp³-hybridized carbons (Fsp3) is 0.381. The van der Waals surface area contributed by atoms with Gasteiger partial charge in [-0.25, -0.2) is 0 Å². The molecule has 2 aromatic carbocycles.